The number of nitrogens with zero attached hydrogens (tertiary/aromatic N) is 1. The zero-order valence-corrected chi connectivity index (χ0v) is 9.42. The maximum Gasteiger partial charge on any atom is 0.223 e. The molecule has 0 unspecified atom stereocenters. The van der Waals surface area contributed by atoms with Crippen LogP contribution in [0.2, 0.25) is 0 Å². The maximum absolute atomic E-state index is 13.4. The lowest BCUT2D eigenvalue weighted by Gasteiger charge is -2.08. The van der Waals surface area contributed by atoms with Gasteiger partial charge in [0.1, 0.15) is 0 Å². The van der Waals surface area contributed by atoms with E-state index in [1.807, 2.05) is 0 Å². The van der Waals surface area contributed by atoms with Crippen molar-refractivity contribution in [2.24, 2.45) is 0 Å². The minimum Gasteiger partial charge on any atom is -0.435 e. The summed E-state index contributed by atoms with van der Waals surface area (Å²) in [5.74, 6) is -1.87. The van der Waals surface area contributed by atoms with E-state index in [0.717, 1.165) is 6.07 Å². The summed E-state index contributed by atoms with van der Waals surface area (Å²) in [6, 6.07) is 7.09. The van der Waals surface area contributed by atoms with Crippen molar-refractivity contribution in [2.75, 3.05) is 0 Å². The lowest BCUT2D eigenvalue weighted by molar-refractivity contribution is 0.403. The van der Waals surface area contributed by atoms with Crippen molar-refractivity contribution in [1.29, 1.82) is 0 Å². The van der Waals surface area contributed by atoms with E-state index in [2.05, 4.69) is 4.98 Å². The Bertz CT molecular complexity index is 534. The summed E-state index contributed by atoms with van der Waals surface area (Å²) in [5, 5.41) is 0. The van der Waals surface area contributed by atoms with Gasteiger partial charge < -0.3 is 4.74 Å². The van der Waals surface area contributed by atoms with Gasteiger partial charge in [-0.3, -0.25) is 0 Å². The highest BCUT2D eigenvalue weighted by Crippen LogP contribution is 2.27. The summed E-state index contributed by atoms with van der Waals surface area (Å²) in [6.45, 7) is 0. The number of rotatable bonds is 3. The Kier molecular flexibility index (Phi) is 3.54. The average molecular weight is 256 g/mol. The summed E-state index contributed by atoms with van der Waals surface area (Å²) in [5.41, 5.74) is 0.609. The van der Waals surface area contributed by atoms with Gasteiger partial charge in [0.2, 0.25) is 11.7 Å². The molecule has 0 fully saturated rings. The Balaban J connectivity index is 2.35. The monoisotopic (exact) mass is 255 g/mol. The highest BCUT2D eigenvalue weighted by Gasteiger charge is 2.12. The number of pyridine rings is 1. The van der Waals surface area contributed by atoms with Crippen LogP contribution in [0.5, 0.6) is 11.6 Å². The zero-order chi connectivity index (χ0) is 12.3. The predicted octanol–water partition coefficient (Wildman–Crippen LogP) is 3.89. The van der Waals surface area contributed by atoms with Crippen LogP contribution in [0.1, 0.15) is 5.56 Å². The molecule has 0 saturated heterocycles. The van der Waals surface area contributed by atoms with E-state index in [1.54, 1.807) is 12.1 Å². The number of hydrogen-bond donors (Lipinski definition) is 0. The molecule has 2 aromatic rings. The first kappa shape index (κ1) is 11.8. The van der Waals surface area contributed by atoms with Crippen LogP contribution < -0.4 is 4.74 Å². The van der Waals surface area contributed by atoms with Crippen LogP contribution in [0.25, 0.3) is 0 Å². The van der Waals surface area contributed by atoms with Crippen molar-refractivity contribution < 1.29 is 13.5 Å². The number of benzene rings is 1. The maximum atomic E-state index is 13.4. The molecule has 1 aromatic carbocycles. The molecular weight excluding hydrogens is 248 g/mol. The third-order valence-corrected chi connectivity index (χ3v) is 2.40. The van der Waals surface area contributed by atoms with Crippen LogP contribution >= 0.6 is 11.6 Å². The van der Waals surface area contributed by atoms with Crippen LogP contribution in [0.3, 0.4) is 0 Å². The van der Waals surface area contributed by atoms with Gasteiger partial charge in [-0.1, -0.05) is 12.1 Å². The van der Waals surface area contributed by atoms with E-state index in [0.29, 0.717) is 5.56 Å². The first-order valence-corrected chi connectivity index (χ1v) is 5.37. The van der Waals surface area contributed by atoms with Gasteiger partial charge in [0.05, 0.1) is 5.88 Å². The fourth-order valence-corrected chi connectivity index (χ4v) is 1.49. The Morgan fingerprint density at radius 1 is 1.18 bits per heavy atom. The fourth-order valence-electron chi connectivity index (χ4n) is 1.28. The molecule has 2 nitrogen and oxygen atoms in total. The Morgan fingerprint density at radius 2 is 2.00 bits per heavy atom. The van der Waals surface area contributed by atoms with E-state index < -0.39 is 11.6 Å². The largest absolute Gasteiger partial charge is 0.435 e. The van der Waals surface area contributed by atoms with E-state index in [1.165, 1.54) is 18.3 Å². The van der Waals surface area contributed by atoms with E-state index in [-0.39, 0.29) is 17.5 Å². The summed E-state index contributed by atoms with van der Waals surface area (Å²) >= 11 is 5.68. The van der Waals surface area contributed by atoms with Gasteiger partial charge in [0.15, 0.2) is 11.6 Å². The van der Waals surface area contributed by atoms with Crippen LogP contribution in [-0.4, -0.2) is 4.98 Å². The van der Waals surface area contributed by atoms with Crippen LogP contribution in [0.15, 0.2) is 36.5 Å². The van der Waals surface area contributed by atoms with Crippen molar-refractivity contribution in [3.05, 3.63) is 53.7 Å². The molecular formula is C12H8ClF2NO. The molecule has 88 valence electrons. The smallest absolute Gasteiger partial charge is 0.223 e. The first-order valence-electron chi connectivity index (χ1n) is 4.84. The van der Waals surface area contributed by atoms with Crippen LogP contribution in [0, 0.1) is 11.6 Å². The summed E-state index contributed by atoms with van der Waals surface area (Å²) in [4.78, 5) is 3.92. The number of aromatic nitrogens is 1. The summed E-state index contributed by atoms with van der Waals surface area (Å²) < 4.78 is 31.5. The second kappa shape index (κ2) is 5.10. The molecule has 0 aliphatic carbocycles. The lowest BCUT2D eigenvalue weighted by atomic mass is 10.3. The normalized spacial score (nSPS) is 10.3. The van der Waals surface area contributed by atoms with Gasteiger partial charge in [0, 0.05) is 11.8 Å². The van der Waals surface area contributed by atoms with Gasteiger partial charge in [0.25, 0.3) is 0 Å². The molecule has 0 radical (unpaired) electrons. The van der Waals surface area contributed by atoms with Crippen molar-refractivity contribution >= 4 is 11.6 Å². The van der Waals surface area contributed by atoms with Gasteiger partial charge in [-0.25, -0.2) is 9.37 Å². The average Bonchev–Trinajstić information content (AvgIpc) is 2.35. The minimum atomic E-state index is -1.04. The fraction of sp³-hybridized carbons (Fsp3) is 0.0833. The molecule has 0 atom stereocenters. The number of ether oxygens (including phenoxy) is 1. The second-order valence-corrected chi connectivity index (χ2v) is 3.52. The van der Waals surface area contributed by atoms with E-state index in [4.69, 9.17) is 16.3 Å². The van der Waals surface area contributed by atoms with Crippen molar-refractivity contribution in [1.82, 2.24) is 4.98 Å². The molecule has 5 heteroatoms. The lowest BCUT2D eigenvalue weighted by Crippen LogP contribution is -1.96. The molecule has 0 amide bonds. The van der Waals surface area contributed by atoms with Crippen LogP contribution in [0.4, 0.5) is 8.78 Å². The number of alkyl halides is 1. The molecule has 0 spiro atoms. The molecule has 1 aromatic heterocycles. The van der Waals surface area contributed by atoms with Crippen molar-refractivity contribution in [3.8, 4) is 11.6 Å². The Labute approximate surface area is 102 Å². The van der Waals surface area contributed by atoms with Crippen LogP contribution in [-0.2, 0) is 5.88 Å². The molecule has 0 saturated carbocycles. The molecule has 0 N–H and O–H groups in total. The Hall–Kier alpha value is -1.68. The number of hydrogen-bond acceptors (Lipinski definition) is 2. The quantitative estimate of drug-likeness (QED) is 0.776. The third-order valence-electron chi connectivity index (χ3n) is 2.12. The van der Waals surface area contributed by atoms with Gasteiger partial charge in [-0.05, 0) is 18.2 Å². The van der Waals surface area contributed by atoms with E-state index >= 15 is 0 Å². The van der Waals surface area contributed by atoms with Crippen molar-refractivity contribution in [3.63, 3.8) is 0 Å². The highest BCUT2D eigenvalue weighted by atomic mass is 35.5. The first-order chi connectivity index (χ1) is 8.22. The van der Waals surface area contributed by atoms with Gasteiger partial charge in [-0.15, -0.1) is 11.6 Å². The zero-order valence-electron chi connectivity index (χ0n) is 8.66. The molecule has 1 heterocycles. The SMILES string of the molecule is Fc1cccc(Oc2ncccc2CCl)c1F. The third kappa shape index (κ3) is 2.53. The Morgan fingerprint density at radius 3 is 2.76 bits per heavy atom. The molecule has 17 heavy (non-hydrogen) atoms. The number of halogens is 3. The second-order valence-electron chi connectivity index (χ2n) is 3.26. The topological polar surface area (TPSA) is 22.1 Å². The molecule has 0 aliphatic heterocycles. The summed E-state index contributed by atoms with van der Waals surface area (Å²) in [6.07, 6.45) is 1.49. The van der Waals surface area contributed by atoms with Crippen molar-refractivity contribution in [2.45, 2.75) is 5.88 Å². The van der Waals surface area contributed by atoms with E-state index in [9.17, 15) is 8.78 Å². The van der Waals surface area contributed by atoms with Gasteiger partial charge in [-0.2, -0.15) is 4.39 Å². The molecule has 2 rings (SSSR count). The molecule has 0 bridgehead atoms. The predicted molar refractivity (Wildman–Crippen MR) is 60.2 cm³/mol. The minimum absolute atomic E-state index is 0.173. The standard InChI is InChI=1S/C12H8ClF2NO/c13-7-8-3-2-6-16-12(8)17-10-5-1-4-9(14)11(10)15/h1-6H,7H2. The molecule has 0 aliphatic rings. The highest BCUT2D eigenvalue weighted by molar-refractivity contribution is 6.17. The summed E-state index contributed by atoms with van der Waals surface area (Å²) in [7, 11) is 0. The van der Waals surface area contributed by atoms with Gasteiger partial charge >= 0.3 is 0 Å².